The SMILES string of the molecule is O=C1NC[C@H]2CN(C(=O)Cn3nc4ccccc4n3)C[C@@H]12. The Kier molecular flexibility index (Phi) is 2.66. The number of likely N-dealkylation sites (tertiary alicyclic amines) is 1. The Labute approximate surface area is 120 Å². The molecule has 2 aliphatic heterocycles. The molecule has 2 atom stereocenters. The minimum absolute atomic E-state index is 0.0301. The highest BCUT2D eigenvalue weighted by atomic mass is 16.2. The quantitative estimate of drug-likeness (QED) is 0.817. The molecule has 0 spiro atoms. The number of benzene rings is 1. The van der Waals surface area contributed by atoms with Crippen LogP contribution in [0.15, 0.2) is 24.3 Å². The van der Waals surface area contributed by atoms with Gasteiger partial charge in [-0.05, 0) is 12.1 Å². The summed E-state index contributed by atoms with van der Waals surface area (Å²) in [6.45, 7) is 1.95. The van der Waals surface area contributed by atoms with E-state index < -0.39 is 0 Å². The van der Waals surface area contributed by atoms with Gasteiger partial charge in [-0.15, -0.1) is 0 Å². The van der Waals surface area contributed by atoms with Crippen LogP contribution in [0.1, 0.15) is 0 Å². The average Bonchev–Trinajstić information content (AvgIpc) is 3.14. The molecule has 4 rings (SSSR count). The Morgan fingerprint density at radius 2 is 1.95 bits per heavy atom. The molecule has 0 radical (unpaired) electrons. The van der Waals surface area contributed by atoms with Gasteiger partial charge in [-0.2, -0.15) is 15.0 Å². The van der Waals surface area contributed by atoms with Crippen molar-refractivity contribution in [2.24, 2.45) is 11.8 Å². The Balaban J connectivity index is 1.47. The first-order chi connectivity index (χ1) is 10.2. The molecule has 21 heavy (non-hydrogen) atoms. The molecule has 108 valence electrons. The Morgan fingerprint density at radius 1 is 1.24 bits per heavy atom. The maximum atomic E-state index is 12.3. The molecule has 0 saturated carbocycles. The lowest BCUT2D eigenvalue weighted by atomic mass is 10.0. The van der Waals surface area contributed by atoms with Gasteiger partial charge in [-0.25, -0.2) is 0 Å². The summed E-state index contributed by atoms with van der Waals surface area (Å²) in [5.41, 5.74) is 1.56. The molecule has 0 aliphatic carbocycles. The van der Waals surface area contributed by atoms with Crippen molar-refractivity contribution >= 4 is 22.8 Å². The van der Waals surface area contributed by atoms with Gasteiger partial charge < -0.3 is 10.2 Å². The number of amides is 2. The molecule has 2 saturated heterocycles. The van der Waals surface area contributed by atoms with Crippen LogP contribution in [0, 0.1) is 11.8 Å². The largest absolute Gasteiger partial charge is 0.355 e. The topological polar surface area (TPSA) is 80.1 Å². The molecule has 2 aliphatic rings. The maximum absolute atomic E-state index is 12.3. The van der Waals surface area contributed by atoms with Crippen molar-refractivity contribution in [3.8, 4) is 0 Å². The lowest BCUT2D eigenvalue weighted by Gasteiger charge is -2.16. The van der Waals surface area contributed by atoms with Crippen LogP contribution in [-0.4, -0.2) is 51.3 Å². The van der Waals surface area contributed by atoms with E-state index in [-0.39, 0.29) is 30.2 Å². The molecule has 2 fully saturated rings. The van der Waals surface area contributed by atoms with E-state index in [0.717, 1.165) is 11.0 Å². The molecule has 0 unspecified atom stereocenters. The lowest BCUT2D eigenvalue weighted by molar-refractivity contribution is -0.131. The lowest BCUT2D eigenvalue weighted by Crippen LogP contribution is -2.35. The molecule has 3 heterocycles. The van der Waals surface area contributed by atoms with Crippen LogP contribution >= 0.6 is 0 Å². The van der Waals surface area contributed by atoms with E-state index in [4.69, 9.17) is 0 Å². The number of nitrogens with one attached hydrogen (secondary N) is 1. The van der Waals surface area contributed by atoms with Crippen molar-refractivity contribution in [1.82, 2.24) is 25.2 Å². The van der Waals surface area contributed by atoms with Crippen LogP contribution in [0.3, 0.4) is 0 Å². The third kappa shape index (κ3) is 2.05. The number of nitrogens with zero attached hydrogens (tertiary/aromatic N) is 4. The number of fused-ring (bicyclic) bond motifs is 2. The van der Waals surface area contributed by atoms with Crippen molar-refractivity contribution in [3.63, 3.8) is 0 Å². The minimum atomic E-state index is -0.0430. The average molecular weight is 285 g/mol. The predicted octanol–water partition coefficient (Wildman–Crippen LogP) is -0.364. The summed E-state index contributed by atoms with van der Waals surface area (Å²) in [7, 11) is 0. The summed E-state index contributed by atoms with van der Waals surface area (Å²) in [5, 5.41) is 11.4. The van der Waals surface area contributed by atoms with E-state index in [1.165, 1.54) is 4.80 Å². The van der Waals surface area contributed by atoms with E-state index in [1.54, 1.807) is 4.90 Å². The highest BCUT2D eigenvalue weighted by Gasteiger charge is 2.43. The van der Waals surface area contributed by atoms with Gasteiger partial charge in [-0.1, -0.05) is 12.1 Å². The van der Waals surface area contributed by atoms with Crippen LogP contribution in [0.25, 0.3) is 11.0 Å². The molecule has 0 bridgehead atoms. The predicted molar refractivity (Wildman–Crippen MR) is 74.1 cm³/mol. The fraction of sp³-hybridized carbons (Fsp3) is 0.429. The second-order valence-corrected chi connectivity index (χ2v) is 5.63. The van der Waals surface area contributed by atoms with Gasteiger partial charge in [0, 0.05) is 25.6 Å². The highest BCUT2D eigenvalue weighted by molar-refractivity contribution is 5.84. The van der Waals surface area contributed by atoms with Crippen molar-refractivity contribution in [1.29, 1.82) is 0 Å². The zero-order chi connectivity index (χ0) is 14.4. The van der Waals surface area contributed by atoms with Gasteiger partial charge >= 0.3 is 0 Å². The molecular weight excluding hydrogens is 270 g/mol. The number of hydrogen-bond acceptors (Lipinski definition) is 4. The number of rotatable bonds is 2. The third-order valence-corrected chi connectivity index (χ3v) is 4.27. The van der Waals surface area contributed by atoms with Crippen LogP contribution in [0.2, 0.25) is 0 Å². The van der Waals surface area contributed by atoms with Crippen LogP contribution in [0.5, 0.6) is 0 Å². The summed E-state index contributed by atoms with van der Waals surface area (Å²) >= 11 is 0. The third-order valence-electron chi connectivity index (χ3n) is 4.27. The molecule has 1 N–H and O–H groups in total. The second-order valence-electron chi connectivity index (χ2n) is 5.63. The number of aromatic nitrogens is 3. The number of carbonyl (C=O) groups excluding carboxylic acids is 2. The van der Waals surface area contributed by atoms with E-state index in [1.807, 2.05) is 24.3 Å². The van der Waals surface area contributed by atoms with Gasteiger partial charge in [0.25, 0.3) is 0 Å². The summed E-state index contributed by atoms with van der Waals surface area (Å²) in [5.74, 6) is 0.250. The first-order valence-corrected chi connectivity index (χ1v) is 7.06. The van der Waals surface area contributed by atoms with Crippen molar-refractivity contribution < 1.29 is 9.59 Å². The zero-order valence-electron chi connectivity index (χ0n) is 11.4. The van der Waals surface area contributed by atoms with E-state index in [9.17, 15) is 9.59 Å². The molecular formula is C14H15N5O2. The smallest absolute Gasteiger partial charge is 0.246 e. The molecule has 2 amide bonds. The Bertz CT molecular complexity index is 692. The standard InChI is InChI=1S/C14H15N5O2/c20-13(18-6-9-5-15-14(21)10(9)7-18)8-19-16-11-3-1-2-4-12(11)17-19/h1-4,9-10H,5-8H2,(H,15,21)/t9-,10+/m0/s1. The first-order valence-electron chi connectivity index (χ1n) is 7.06. The number of hydrogen-bond donors (Lipinski definition) is 1. The van der Waals surface area contributed by atoms with Gasteiger partial charge in [0.2, 0.25) is 11.8 Å². The Morgan fingerprint density at radius 3 is 2.62 bits per heavy atom. The fourth-order valence-corrected chi connectivity index (χ4v) is 3.14. The Hall–Kier alpha value is -2.44. The van der Waals surface area contributed by atoms with Gasteiger partial charge in [-0.3, -0.25) is 9.59 Å². The summed E-state index contributed by atoms with van der Waals surface area (Å²) in [6.07, 6.45) is 0. The normalized spacial score (nSPS) is 24.4. The molecule has 1 aromatic heterocycles. The van der Waals surface area contributed by atoms with Gasteiger partial charge in [0.15, 0.2) is 0 Å². The fourth-order valence-electron chi connectivity index (χ4n) is 3.14. The maximum Gasteiger partial charge on any atom is 0.246 e. The number of carbonyl (C=O) groups is 2. The second kappa shape index (κ2) is 4.54. The van der Waals surface area contributed by atoms with Crippen molar-refractivity contribution in [2.45, 2.75) is 6.54 Å². The van der Waals surface area contributed by atoms with Gasteiger partial charge in [0.1, 0.15) is 17.6 Å². The van der Waals surface area contributed by atoms with Gasteiger partial charge in [0.05, 0.1) is 5.92 Å². The minimum Gasteiger partial charge on any atom is -0.355 e. The zero-order valence-corrected chi connectivity index (χ0v) is 11.4. The summed E-state index contributed by atoms with van der Waals surface area (Å²) in [6, 6.07) is 7.52. The monoisotopic (exact) mass is 285 g/mol. The summed E-state index contributed by atoms with van der Waals surface area (Å²) in [4.78, 5) is 27.1. The molecule has 2 aromatic rings. The van der Waals surface area contributed by atoms with Crippen LogP contribution < -0.4 is 5.32 Å². The van der Waals surface area contributed by atoms with Crippen LogP contribution in [0.4, 0.5) is 0 Å². The van der Waals surface area contributed by atoms with Crippen LogP contribution in [-0.2, 0) is 16.1 Å². The van der Waals surface area contributed by atoms with Crippen molar-refractivity contribution in [2.75, 3.05) is 19.6 Å². The first kappa shape index (κ1) is 12.3. The molecule has 7 heteroatoms. The molecule has 1 aromatic carbocycles. The van der Waals surface area contributed by atoms with E-state index in [2.05, 4.69) is 15.5 Å². The van der Waals surface area contributed by atoms with Crippen molar-refractivity contribution in [3.05, 3.63) is 24.3 Å². The summed E-state index contributed by atoms with van der Waals surface area (Å²) < 4.78 is 0. The highest BCUT2D eigenvalue weighted by Crippen LogP contribution is 2.27. The van der Waals surface area contributed by atoms with E-state index >= 15 is 0 Å². The molecule has 7 nitrogen and oxygen atoms in total. The van der Waals surface area contributed by atoms with E-state index in [0.29, 0.717) is 19.6 Å².